The van der Waals surface area contributed by atoms with Crippen LogP contribution >= 0.6 is 0 Å². The quantitative estimate of drug-likeness (QED) is 0.726. The second kappa shape index (κ2) is 4.31. The molecule has 0 saturated carbocycles. The summed E-state index contributed by atoms with van der Waals surface area (Å²) in [4.78, 5) is 6.82. The number of aliphatic imine (C=N–C) groups is 1. The summed E-state index contributed by atoms with van der Waals surface area (Å²) in [7, 11) is -3.02. The van der Waals surface area contributed by atoms with Gasteiger partial charge in [-0.25, -0.2) is 8.42 Å². The van der Waals surface area contributed by atoms with Crippen LogP contribution in [0.3, 0.4) is 0 Å². The lowest BCUT2D eigenvalue weighted by Crippen LogP contribution is -2.39. The fourth-order valence-electron chi connectivity index (χ4n) is 3.37. The van der Waals surface area contributed by atoms with Crippen LogP contribution in [0.4, 0.5) is 0 Å². The number of rotatable bonds is 1. The van der Waals surface area contributed by atoms with E-state index in [2.05, 4.69) is 23.7 Å². The molecule has 0 aromatic heterocycles. The molecule has 2 saturated heterocycles. The summed E-state index contributed by atoms with van der Waals surface area (Å²) in [6.45, 7) is 7.67. The third kappa shape index (κ3) is 2.01. The molecule has 3 aliphatic rings. The number of sulfonamides is 1. The Hall–Kier alpha value is -0.880. The average Bonchev–Trinajstić information content (AvgIpc) is 2.89. The van der Waals surface area contributed by atoms with E-state index in [-0.39, 0.29) is 12.1 Å². The van der Waals surface area contributed by atoms with Gasteiger partial charge in [0.05, 0.1) is 11.8 Å². The highest BCUT2D eigenvalue weighted by Crippen LogP contribution is 2.35. The molecule has 2 unspecified atom stereocenters. The first-order chi connectivity index (χ1) is 8.90. The third-order valence-electron chi connectivity index (χ3n) is 4.55. The molecule has 19 heavy (non-hydrogen) atoms. The predicted octanol–water partition coefficient (Wildman–Crippen LogP) is 1.19. The summed E-state index contributed by atoms with van der Waals surface area (Å²) in [5, 5.41) is 0. The Morgan fingerprint density at radius 3 is 2.68 bits per heavy atom. The van der Waals surface area contributed by atoms with Crippen LogP contribution in [-0.2, 0) is 10.0 Å². The van der Waals surface area contributed by atoms with Gasteiger partial charge in [0.1, 0.15) is 5.84 Å². The fraction of sp³-hybridized carbons (Fsp3) is 0.769. The van der Waals surface area contributed by atoms with Crippen molar-refractivity contribution in [1.29, 1.82) is 0 Å². The molecule has 2 atom stereocenters. The third-order valence-corrected chi connectivity index (χ3v) is 6.55. The molecule has 0 amide bonds. The molecule has 0 bridgehead atoms. The maximum Gasteiger partial charge on any atom is 0.214 e. The van der Waals surface area contributed by atoms with Crippen LogP contribution in [0, 0.1) is 0 Å². The molecule has 0 aromatic carbocycles. The maximum atomic E-state index is 12.0. The van der Waals surface area contributed by atoms with Crippen LogP contribution in [0.25, 0.3) is 0 Å². The van der Waals surface area contributed by atoms with Crippen molar-refractivity contribution < 1.29 is 8.42 Å². The smallest absolute Gasteiger partial charge is 0.214 e. The molecule has 2 fully saturated rings. The van der Waals surface area contributed by atoms with E-state index in [1.807, 2.05) is 6.92 Å². The van der Waals surface area contributed by atoms with Gasteiger partial charge in [0.15, 0.2) is 0 Å². The molecule has 3 aliphatic heterocycles. The molecule has 6 heteroatoms. The predicted molar refractivity (Wildman–Crippen MR) is 75.5 cm³/mol. The van der Waals surface area contributed by atoms with Gasteiger partial charge in [0.25, 0.3) is 0 Å². The molecular weight excluding hydrogens is 262 g/mol. The molecule has 3 rings (SSSR count). The summed E-state index contributed by atoms with van der Waals surface area (Å²) in [6, 6.07) is 0.313. The first-order valence-electron chi connectivity index (χ1n) is 6.91. The number of nitrogens with zero attached hydrogens (tertiary/aromatic N) is 3. The van der Waals surface area contributed by atoms with Crippen LogP contribution in [0.2, 0.25) is 0 Å². The highest BCUT2D eigenvalue weighted by Gasteiger charge is 2.41. The summed E-state index contributed by atoms with van der Waals surface area (Å²) >= 11 is 0. The lowest BCUT2D eigenvalue weighted by molar-refractivity contribution is 0.344. The molecule has 0 N–H and O–H groups in total. The van der Waals surface area contributed by atoms with Crippen LogP contribution in [-0.4, -0.2) is 54.4 Å². The highest BCUT2D eigenvalue weighted by atomic mass is 32.2. The van der Waals surface area contributed by atoms with Crippen molar-refractivity contribution in [2.45, 2.75) is 45.7 Å². The Kier molecular flexibility index (Phi) is 2.98. The zero-order valence-corrected chi connectivity index (χ0v) is 12.6. The van der Waals surface area contributed by atoms with Crippen molar-refractivity contribution in [2.75, 3.05) is 18.8 Å². The summed E-state index contributed by atoms with van der Waals surface area (Å²) in [5.74, 6) is 1.33. The first kappa shape index (κ1) is 13.1. The van der Waals surface area contributed by atoms with E-state index in [0.29, 0.717) is 12.3 Å². The van der Waals surface area contributed by atoms with Gasteiger partial charge in [-0.15, -0.1) is 0 Å². The van der Waals surface area contributed by atoms with Crippen LogP contribution in [0.15, 0.2) is 16.3 Å². The summed E-state index contributed by atoms with van der Waals surface area (Å²) in [5.41, 5.74) is 2.57. The minimum absolute atomic E-state index is 0.0906. The number of hydrogen-bond acceptors (Lipinski definition) is 4. The Labute approximate surface area is 115 Å². The van der Waals surface area contributed by atoms with Gasteiger partial charge < -0.3 is 4.90 Å². The lowest BCUT2D eigenvalue weighted by atomic mass is 10.0. The Morgan fingerprint density at radius 2 is 2.05 bits per heavy atom. The van der Waals surface area contributed by atoms with Crippen LogP contribution < -0.4 is 0 Å². The molecule has 3 heterocycles. The van der Waals surface area contributed by atoms with Crippen molar-refractivity contribution in [3.05, 3.63) is 11.3 Å². The van der Waals surface area contributed by atoms with E-state index in [1.54, 1.807) is 4.31 Å². The molecule has 0 radical (unpaired) electrons. The SMILES string of the molecule is CC1=NC(C)C(C)=C2CC(N3CCCS3(=O)=O)CN12. The van der Waals surface area contributed by atoms with Gasteiger partial charge in [-0.05, 0) is 32.8 Å². The van der Waals surface area contributed by atoms with E-state index in [4.69, 9.17) is 0 Å². The molecular formula is C13H21N3O2S. The van der Waals surface area contributed by atoms with Crippen molar-refractivity contribution >= 4 is 15.9 Å². The first-order valence-corrected chi connectivity index (χ1v) is 8.52. The molecule has 106 valence electrons. The van der Waals surface area contributed by atoms with Crippen molar-refractivity contribution in [1.82, 2.24) is 9.21 Å². The number of hydrogen-bond donors (Lipinski definition) is 0. The van der Waals surface area contributed by atoms with Gasteiger partial charge in [0.2, 0.25) is 10.0 Å². The Morgan fingerprint density at radius 1 is 1.32 bits per heavy atom. The maximum absolute atomic E-state index is 12.0. The minimum atomic E-state index is -3.02. The standard InChI is InChI=1S/C13H21N3O2S/c1-9-10(2)14-11(3)15-8-12(7-13(9)15)16-5-4-6-19(16,17)18/h10,12H,4-8H2,1-3H3. The Bertz CT molecular complexity index is 564. The minimum Gasteiger partial charge on any atom is -0.332 e. The molecule has 0 aliphatic carbocycles. The van der Waals surface area contributed by atoms with Crippen LogP contribution in [0.1, 0.15) is 33.6 Å². The van der Waals surface area contributed by atoms with Gasteiger partial charge >= 0.3 is 0 Å². The van der Waals surface area contributed by atoms with Gasteiger partial charge in [-0.2, -0.15) is 4.31 Å². The molecule has 5 nitrogen and oxygen atoms in total. The van der Waals surface area contributed by atoms with E-state index in [9.17, 15) is 8.42 Å². The van der Waals surface area contributed by atoms with Crippen molar-refractivity contribution in [2.24, 2.45) is 4.99 Å². The number of fused-ring (bicyclic) bond motifs is 1. The van der Waals surface area contributed by atoms with Gasteiger partial charge in [0, 0.05) is 31.2 Å². The second-order valence-corrected chi connectivity index (χ2v) is 7.77. The monoisotopic (exact) mass is 283 g/mol. The van der Waals surface area contributed by atoms with E-state index < -0.39 is 10.0 Å². The normalized spacial score (nSPS) is 34.7. The largest absolute Gasteiger partial charge is 0.332 e. The summed E-state index contributed by atoms with van der Waals surface area (Å²) < 4.78 is 25.8. The lowest BCUT2D eigenvalue weighted by Gasteiger charge is -2.29. The van der Waals surface area contributed by atoms with Crippen molar-refractivity contribution in [3.63, 3.8) is 0 Å². The molecule has 0 spiro atoms. The van der Waals surface area contributed by atoms with Crippen LogP contribution in [0.5, 0.6) is 0 Å². The van der Waals surface area contributed by atoms with Crippen molar-refractivity contribution in [3.8, 4) is 0 Å². The zero-order valence-electron chi connectivity index (χ0n) is 11.8. The average molecular weight is 283 g/mol. The van der Waals surface area contributed by atoms with E-state index in [0.717, 1.165) is 25.2 Å². The van der Waals surface area contributed by atoms with Gasteiger partial charge in [-0.1, -0.05) is 0 Å². The second-order valence-electron chi connectivity index (χ2n) is 5.73. The van der Waals surface area contributed by atoms with E-state index >= 15 is 0 Å². The number of amidine groups is 1. The fourth-order valence-corrected chi connectivity index (χ4v) is 5.10. The zero-order chi connectivity index (χ0) is 13.8. The van der Waals surface area contributed by atoms with Gasteiger partial charge in [-0.3, -0.25) is 4.99 Å². The Balaban J connectivity index is 1.89. The van der Waals surface area contributed by atoms with E-state index in [1.165, 1.54) is 11.3 Å². The molecule has 0 aromatic rings. The highest BCUT2D eigenvalue weighted by molar-refractivity contribution is 7.89. The summed E-state index contributed by atoms with van der Waals surface area (Å²) in [6.07, 6.45) is 1.60. The topological polar surface area (TPSA) is 53.0 Å².